The van der Waals surface area contributed by atoms with Crippen LogP contribution in [0.5, 0.6) is 0 Å². The van der Waals surface area contributed by atoms with Gasteiger partial charge in [0.15, 0.2) is 0 Å². The Labute approximate surface area is 128 Å². The summed E-state index contributed by atoms with van der Waals surface area (Å²) >= 11 is 0. The van der Waals surface area contributed by atoms with Gasteiger partial charge in [-0.1, -0.05) is 24.3 Å². The van der Waals surface area contributed by atoms with Gasteiger partial charge in [0.1, 0.15) is 0 Å². The van der Waals surface area contributed by atoms with Gasteiger partial charge in [-0.25, -0.2) is 0 Å². The molecule has 1 aliphatic heterocycles. The topological polar surface area (TPSA) is 23.6 Å². The van der Waals surface area contributed by atoms with E-state index in [1.54, 1.807) is 0 Å². The summed E-state index contributed by atoms with van der Waals surface area (Å²) in [6.45, 7) is 8.76. The van der Waals surface area contributed by atoms with E-state index in [2.05, 4.69) is 37.8 Å². The van der Waals surface area contributed by atoms with Crippen molar-refractivity contribution in [2.24, 2.45) is 0 Å². The zero-order chi connectivity index (χ0) is 15.4. The van der Waals surface area contributed by atoms with Crippen LogP contribution >= 0.6 is 0 Å². The van der Waals surface area contributed by atoms with E-state index in [1.165, 1.54) is 5.56 Å². The molecule has 1 heterocycles. The van der Waals surface area contributed by atoms with Crippen LogP contribution in [-0.2, 0) is 11.2 Å². The van der Waals surface area contributed by atoms with Gasteiger partial charge in [-0.3, -0.25) is 4.79 Å². The Balaban J connectivity index is 1.90. The van der Waals surface area contributed by atoms with Gasteiger partial charge in [-0.05, 0) is 44.7 Å². The third-order valence-corrected chi connectivity index (χ3v) is 4.77. The lowest BCUT2D eigenvalue weighted by atomic mass is 10.0. The van der Waals surface area contributed by atoms with Gasteiger partial charge in [-0.2, -0.15) is 0 Å². The first-order valence-electron chi connectivity index (χ1n) is 8.03. The van der Waals surface area contributed by atoms with Crippen molar-refractivity contribution in [3.8, 4) is 0 Å². The van der Waals surface area contributed by atoms with Crippen LogP contribution in [0.4, 0.5) is 0 Å². The van der Waals surface area contributed by atoms with E-state index >= 15 is 0 Å². The molecule has 0 spiro atoms. The largest absolute Gasteiger partial charge is 0.342 e. The van der Waals surface area contributed by atoms with E-state index < -0.39 is 0 Å². The number of hydrogen-bond acceptors (Lipinski definition) is 2. The van der Waals surface area contributed by atoms with Gasteiger partial charge in [0.05, 0.1) is 6.42 Å². The molecule has 0 aliphatic carbocycles. The molecule has 0 radical (unpaired) electrons. The first-order chi connectivity index (χ1) is 9.99. The van der Waals surface area contributed by atoms with Crippen LogP contribution in [0, 0.1) is 6.92 Å². The fraction of sp³-hybridized carbons (Fsp3) is 0.611. The van der Waals surface area contributed by atoms with E-state index in [4.69, 9.17) is 0 Å². The van der Waals surface area contributed by atoms with Crippen molar-refractivity contribution in [1.82, 2.24) is 9.80 Å². The summed E-state index contributed by atoms with van der Waals surface area (Å²) in [5.41, 5.74) is 2.35. The van der Waals surface area contributed by atoms with Crippen LogP contribution in [0.3, 0.4) is 0 Å². The van der Waals surface area contributed by atoms with E-state index in [1.807, 2.05) is 24.1 Å². The second-order valence-electron chi connectivity index (χ2n) is 6.47. The number of rotatable bonds is 4. The molecule has 0 N–H and O–H groups in total. The standard InChI is InChI=1S/C18H28N2O/c1-14(2)20-11-9-17(10-12-20)19(4)18(21)13-16-8-6-5-7-15(16)3/h5-8,14,17H,9-13H2,1-4H3. The molecular weight excluding hydrogens is 260 g/mol. The van der Waals surface area contributed by atoms with Gasteiger partial charge in [-0.15, -0.1) is 0 Å². The molecule has 1 amide bonds. The van der Waals surface area contributed by atoms with E-state index in [-0.39, 0.29) is 5.91 Å². The molecule has 0 unspecified atom stereocenters. The highest BCUT2D eigenvalue weighted by atomic mass is 16.2. The highest BCUT2D eigenvalue weighted by molar-refractivity contribution is 5.79. The Hall–Kier alpha value is -1.35. The predicted molar refractivity (Wildman–Crippen MR) is 87.4 cm³/mol. The van der Waals surface area contributed by atoms with Gasteiger partial charge in [0.2, 0.25) is 5.91 Å². The van der Waals surface area contributed by atoms with Crippen LogP contribution in [0.25, 0.3) is 0 Å². The first kappa shape index (κ1) is 16.0. The summed E-state index contributed by atoms with van der Waals surface area (Å²) in [4.78, 5) is 17.0. The third kappa shape index (κ3) is 4.07. The van der Waals surface area contributed by atoms with Crippen molar-refractivity contribution in [2.75, 3.05) is 20.1 Å². The summed E-state index contributed by atoms with van der Waals surface area (Å²) in [6, 6.07) is 9.17. The van der Waals surface area contributed by atoms with E-state index in [9.17, 15) is 4.79 Å². The van der Waals surface area contributed by atoms with Crippen LogP contribution in [-0.4, -0.2) is 47.9 Å². The van der Waals surface area contributed by atoms with Crippen molar-refractivity contribution in [3.63, 3.8) is 0 Å². The number of hydrogen-bond donors (Lipinski definition) is 0. The van der Waals surface area contributed by atoms with Crippen LogP contribution in [0.1, 0.15) is 37.8 Å². The number of benzene rings is 1. The monoisotopic (exact) mass is 288 g/mol. The summed E-state index contributed by atoms with van der Waals surface area (Å²) in [7, 11) is 1.97. The molecule has 3 heteroatoms. The minimum absolute atomic E-state index is 0.243. The predicted octanol–water partition coefficient (Wildman–Crippen LogP) is 2.87. The van der Waals surface area contributed by atoms with E-state index in [0.717, 1.165) is 31.5 Å². The van der Waals surface area contributed by atoms with Gasteiger partial charge in [0, 0.05) is 32.2 Å². The lowest BCUT2D eigenvalue weighted by Gasteiger charge is -2.38. The Morgan fingerprint density at radius 1 is 1.29 bits per heavy atom. The molecule has 21 heavy (non-hydrogen) atoms. The quantitative estimate of drug-likeness (QED) is 0.850. The van der Waals surface area contributed by atoms with Crippen LogP contribution in [0.15, 0.2) is 24.3 Å². The highest BCUT2D eigenvalue weighted by Crippen LogP contribution is 2.18. The summed E-state index contributed by atoms with van der Waals surface area (Å²) < 4.78 is 0. The molecule has 116 valence electrons. The summed E-state index contributed by atoms with van der Waals surface area (Å²) in [5, 5.41) is 0. The number of carbonyl (C=O) groups is 1. The minimum Gasteiger partial charge on any atom is -0.342 e. The molecule has 1 saturated heterocycles. The fourth-order valence-corrected chi connectivity index (χ4v) is 3.09. The lowest BCUT2D eigenvalue weighted by Crippen LogP contribution is -2.47. The first-order valence-corrected chi connectivity index (χ1v) is 8.03. The minimum atomic E-state index is 0.243. The molecule has 2 rings (SSSR count). The zero-order valence-electron chi connectivity index (χ0n) is 13.8. The molecule has 1 aromatic carbocycles. The molecule has 3 nitrogen and oxygen atoms in total. The van der Waals surface area contributed by atoms with Crippen molar-refractivity contribution in [3.05, 3.63) is 35.4 Å². The van der Waals surface area contributed by atoms with Gasteiger partial charge >= 0.3 is 0 Å². The molecule has 1 aliphatic rings. The summed E-state index contributed by atoms with van der Waals surface area (Å²) in [5.74, 6) is 0.243. The lowest BCUT2D eigenvalue weighted by molar-refractivity contribution is -0.132. The SMILES string of the molecule is Cc1ccccc1CC(=O)N(C)C1CCN(C(C)C)CC1. The van der Waals surface area contributed by atoms with Crippen molar-refractivity contribution in [1.29, 1.82) is 0 Å². The molecule has 1 aromatic rings. The van der Waals surface area contributed by atoms with Crippen molar-refractivity contribution >= 4 is 5.91 Å². The zero-order valence-corrected chi connectivity index (χ0v) is 13.8. The molecule has 0 bridgehead atoms. The number of likely N-dealkylation sites (N-methyl/N-ethyl adjacent to an activating group) is 1. The maximum Gasteiger partial charge on any atom is 0.226 e. The van der Waals surface area contributed by atoms with Crippen molar-refractivity contribution < 1.29 is 4.79 Å². The highest BCUT2D eigenvalue weighted by Gasteiger charge is 2.26. The van der Waals surface area contributed by atoms with Crippen molar-refractivity contribution in [2.45, 2.75) is 52.1 Å². The maximum absolute atomic E-state index is 12.5. The smallest absolute Gasteiger partial charge is 0.226 e. The number of aryl methyl sites for hydroxylation is 1. The molecule has 0 aromatic heterocycles. The van der Waals surface area contributed by atoms with Crippen LogP contribution < -0.4 is 0 Å². The maximum atomic E-state index is 12.5. The molecule has 0 saturated carbocycles. The average molecular weight is 288 g/mol. The Morgan fingerprint density at radius 2 is 1.90 bits per heavy atom. The molecule has 1 fully saturated rings. The fourth-order valence-electron chi connectivity index (χ4n) is 3.09. The van der Waals surface area contributed by atoms with Crippen LogP contribution in [0.2, 0.25) is 0 Å². The Morgan fingerprint density at radius 3 is 2.48 bits per heavy atom. The second-order valence-corrected chi connectivity index (χ2v) is 6.47. The number of amides is 1. The number of nitrogens with zero attached hydrogens (tertiary/aromatic N) is 2. The summed E-state index contributed by atoms with van der Waals surface area (Å²) in [6.07, 6.45) is 2.70. The second kappa shape index (κ2) is 7.08. The molecular formula is C18H28N2O. The molecule has 0 atom stereocenters. The Kier molecular flexibility index (Phi) is 5.40. The van der Waals surface area contributed by atoms with E-state index in [0.29, 0.717) is 18.5 Å². The normalized spacial score (nSPS) is 17.2. The number of piperidine rings is 1. The van der Waals surface area contributed by atoms with Gasteiger partial charge < -0.3 is 9.80 Å². The third-order valence-electron chi connectivity index (χ3n) is 4.77. The Bertz CT molecular complexity index is 476. The number of likely N-dealkylation sites (tertiary alicyclic amines) is 1. The van der Waals surface area contributed by atoms with Gasteiger partial charge in [0.25, 0.3) is 0 Å². The number of carbonyl (C=O) groups excluding carboxylic acids is 1. The average Bonchev–Trinajstić information content (AvgIpc) is 2.49.